The zero-order chi connectivity index (χ0) is 10.7. The lowest BCUT2D eigenvalue weighted by atomic mass is 10.1. The lowest BCUT2D eigenvalue weighted by Crippen LogP contribution is -2.18. The molecule has 80 valence electrons. The Labute approximate surface area is 88.9 Å². The molecule has 2 aromatic heterocycles. The Hall–Kier alpha value is -1.55. The van der Waals surface area contributed by atoms with Crippen molar-refractivity contribution < 1.29 is 4.42 Å². The van der Waals surface area contributed by atoms with Crippen LogP contribution in [0, 0.1) is 0 Å². The molecule has 0 fully saturated rings. The number of hydrogen-bond donors (Lipinski definition) is 1. The smallest absolute Gasteiger partial charge is 0.105 e. The van der Waals surface area contributed by atoms with Gasteiger partial charge in [0.2, 0.25) is 0 Å². The van der Waals surface area contributed by atoms with Gasteiger partial charge in [-0.3, -0.25) is 0 Å². The van der Waals surface area contributed by atoms with Crippen molar-refractivity contribution in [2.75, 3.05) is 7.05 Å². The van der Waals surface area contributed by atoms with Gasteiger partial charge in [0.05, 0.1) is 24.3 Å². The molecule has 0 amide bonds. The van der Waals surface area contributed by atoms with Crippen LogP contribution in [0.15, 0.2) is 35.3 Å². The van der Waals surface area contributed by atoms with Crippen LogP contribution < -0.4 is 5.32 Å². The molecule has 4 nitrogen and oxygen atoms in total. The maximum atomic E-state index is 5.32. The fourth-order valence-electron chi connectivity index (χ4n) is 1.60. The molecule has 0 saturated heterocycles. The monoisotopic (exact) mass is 205 g/mol. The molecule has 1 N–H and O–H groups in total. The largest absolute Gasteiger partial charge is 0.469 e. The highest BCUT2D eigenvalue weighted by molar-refractivity contribution is 5.09. The van der Waals surface area contributed by atoms with Crippen LogP contribution in [0.1, 0.15) is 17.5 Å². The number of hydrogen-bond acceptors (Lipinski definition) is 3. The molecule has 0 aliphatic rings. The van der Waals surface area contributed by atoms with Gasteiger partial charge in [-0.15, -0.1) is 0 Å². The van der Waals surface area contributed by atoms with Crippen LogP contribution in [-0.4, -0.2) is 16.6 Å². The van der Waals surface area contributed by atoms with Crippen LogP contribution in [0.25, 0.3) is 0 Å². The molecule has 0 aliphatic carbocycles. The quantitative estimate of drug-likeness (QED) is 0.822. The molecule has 0 saturated carbocycles. The van der Waals surface area contributed by atoms with Gasteiger partial charge in [0.25, 0.3) is 0 Å². The summed E-state index contributed by atoms with van der Waals surface area (Å²) in [7, 11) is 3.90. The summed E-state index contributed by atoms with van der Waals surface area (Å²) in [5.74, 6) is 0.972. The Bertz CT molecular complexity index is 405. The first-order valence-electron chi connectivity index (χ1n) is 4.97. The zero-order valence-corrected chi connectivity index (χ0v) is 8.97. The Kier molecular flexibility index (Phi) is 2.87. The Morgan fingerprint density at radius 3 is 3.00 bits per heavy atom. The predicted molar refractivity (Wildman–Crippen MR) is 57.4 cm³/mol. The van der Waals surface area contributed by atoms with E-state index in [0.717, 1.165) is 17.9 Å². The highest BCUT2D eigenvalue weighted by atomic mass is 16.3. The normalized spacial score (nSPS) is 12.9. The Balaban J connectivity index is 2.11. The van der Waals surface area contributed by atoms with Crippen molar-refractivity contribution in [3.05, 3.63) is 42.4 Å². The van der Waals surface area contributed by atoms with Crippen LogP contribution in [0.5, 0.6) is 0 Å². The van der Waals surface area contributed by atoms with E-state index < -0.39 is 0 Å². The number of aromatic nitrogens is 2. The summed E-state index contributed by atoms with van der Waals surface area (Å²) in [6, 6.07) is 4.09. The van der Waals surface area contributed by atoms with Crippen molar-refractivity contribution in [2.45, 2.75) is 12.5 Å². The number of nitrogens with one attached hydrogen (secondary N) is 1. The van der Waals surface area contributed by atoms with Gasteiger partial charge >= 0.3 is 0 Å². The van der Waals surface area contributed by atoms with E-state index in [1.807, 2.05) is 43.3 Å². The summed E-state index contributed by atoms with van der Waals surface area (Å²) < 4.78 is 7.27. The van der Waals surface area contributed by atoms with Gasteiger partial charge in [-0.2, -0.15) is 0 Å². The molecule has 2 rings (SSSR count). The van der Waals surface area contributed by atoms with E-state index in [1.54, 1.807) is 6.26 Å². The molecule has 2 heterocycles. The summed E-state index contributed by atoms with van der Waals surface area (Å²) >= 11 is 0. The van der Waals surface area contributed by atoms with Crippen molar-refractivity contribution in [3.63, 3.8) is 0 Å². The predicted octanol–water partition coefficient (Wildman–Crippen LogP) is 1.52. The van der Waals surface area contributed by atoms with Crippen LogP contribution >= 0.6 is 0 Å². The fourth-order valence-corrected chi connectivity index (χ4v) is 1.60. The minimum atomic E-state index is 0.206. The summed E-state index contributed by atoms with van der Waals surface area (Å²) in [5.41, 5.74) is 1.04. The van der Waals surface area contributed by atoms with E-state index in [4.69, 9.17) is 4.42 Å². The second kappa shape index (κ2) is 4.31. The molecule has 0 spiro atoms. The van der Waals surface area contributed by atoms with Crippen molar-refractivity contribution in [1.29, 1.82) is 0 Å². The molecule has 15 heavy (non-hydrogen) atoms. The lowest BCUT2D eigenvalue weighted by Gasteiger charge is -2.11. The summed E-state index contributed by atoms with van der Waals surface area (Å²) in [5, 5.41) is 3.23. The molecule has 1 atom stereocenters. The van der Waals surface area contributed by atoms with E-state index in [1.165, 1.54) is 0 Å². The number of rotatable bonds is 4. The molecule has 0 radical (unpaired) electrons. The number of likely N-dealkylation sites (N-methyl/N-ethyl adjacent to an activating group) is 1. The lowest BCUT2D eigenvalue weighted by molar-refractivity contribution is 0.462. The minimum absolute atomic E-state index is 0.206. The van der Waals surface area contributed by atoms with Gasteiger partial charge < -0.3 is 14.3 Å². The minimum Gasteiger partial charge on any atom is -0.469 e. The molecule has 1 unspecified atom stereocenters. The highest BCUT2D eigenvalue weighted by Crippen LogP contribution is 2.16. The third kappa shape index (κ3) is 2.27. The first kappa shape index (κ1) is 9.98. The number of furan rings is 1. The van der Waals surface area contributed by atoms with E-state index >= 15 is 0 Å². The van der Waals surface area contributed by atoms with Crippen molar-refractivity contribution in [3.8, 4) is 0 Å². The SMILES string of the molecule is CNC(Cc1ccco1)c1cn(C)cn1. The molecule has 4 heteroatoms. The molecule has 0 aliphatic heterocycles. The Morgan fingerprint density at radius 1 is 1.60 bits per heavy atom. The maximum absolute atomic E-state index is 5.32. The second-order valence-corrected chi connectivity index (χ2v) is 3.59. The number of nitrogens with zero attached hydrogens (tertiary/aromatic N) is 2. The van der Waals surface area contributed by atoms with Crippen LogP contribution in [0.3, 0.4) is 0 Å². The first-order chi connectivity index (χ1) is 7.29. The summed E-state index contributed by atoms with van der Waals surface area (Å²) in [4.78, 5) is 4.33. The van der Waals surface area contributed by atoms with Crippen LogP contribution in [0.2, 0.25) is 0 Å². The van der Waals surface area contributed by atoms with Gasteiger partial charge in [0.1, 0.15) is 5.76 Å². The second-order valence-electron chi connectivity index (χ2n) is 3.59. The average molecular weight is 205 g/mol. The molecule has 0 bridgehead atoms. The number of aryl methyl sites for hydroxylation is 1. The molecular weight excluding hydrogens is 190 g/mol. The molecule has 2 aromatic rings. The van der Waals surface area contributed by atoms with E-state index in [0.29, 0.717) is 0 Å². The standard InChI is InChI=1S/C11H15N3O/c1-12-10(6-9-4-3-5-15-9)11-7-14(2)8-13-11/h3-5,7-8,10,12H,6H2,1-2H3. The zero-order valence-electron chi connectivity index (χ0n) is 8.97. The van der Waals surface area contributed by atoms with Gasteiger partial charge in [0.15, 0.2) is 0 Å². The molecule has 0 aromatic carbocycles. The number of imidazole rings is 1. The first-order valence-corrected chi connectivity index (χ1v) is 4.97. The third-order valence-corrected chi connectivity index (χ3v) is 2.42. The summed E-state index contributed by atoms with van der Waals surface area (Å²) in [6.45, 7) is 0. The van der Waals surface area contributed by atoms with E-state index in [9.17, 15) is 0 Å². The van der Waals surface area contributed by atoms with Gasteiger partial charge in [-0.1, -0.05) is 0 Å². The Morgan fingerprint density at radius 2 is 2.47 bits per heavy atom. The van der Waals surface area contributed by atoms with Crippen LogP contribution in [-0.2, 0) is 13.5 Å². The maximum Gasteiger partial charge on any atom is 0.105 e. The van der Waals surface area contributed by atoms with Crippen LogP contribution in [0.4, 0.5) is 0 Å². The molecular formula is C11H15N3O. The topological polar surface area (TPSA) is 43.0 Å². The third-order valence-electron chi connectivity index (χ3n) is 2.42. The van der Waals surface area contributed by atoms with Crippen molar-refractivity contribution in [2.24, 2.45) is 7.05 Å². The van der Waals surface area contributed by atoms with Gasteiger partial charge in [-0.05, 0) is 19.2 Å². The fraction of sp³-hybridized carbons (Fsp3) is 0.364. The van der Waals surface area contributed by atoms with Gasteiger partial charge in [0, 0.05) is 19.7 Å². The van der Waals surface area contributed by atoms with Gasteiger partial charge in [-0.25, -0.2) is 4.98 Å². The van der Waals surface area contributed by atoms with E-state index in [2.05, 4.69) is 10.3 Å². The van der Waals surface area contributed by atoms with Crippen molar-refractivity contribution >= 4 is 0 Å². The summed E-state index contributed by atoms with van der Waals surface area (Å²) in [6.07, 6.45) is 6.34. The average Bonchev–Trinajstić information content (AvgIpc) is 2.85. The van der Waals surface area contributed by atoms with Crippen molar-refractivity contribution in [1.82, 2.24) is 14.9 Å². The highest BCUT2D eigenvalue weighted by Gasteiger charge is 2.13. The van der Waals surface area contributed by atoms with E-state index in [-0.39, 0.29) is 6.04 Å².